The lowest BCUT2D eigenvalue weighted by Crippen LogP contribution is -2.06. The van der Waals surface area contributed by atoms with E-state index in [9.17, 15) is 0 Å². The van der Waals surface area contributed by atoms with E-state index in [1.807, 2.05) is 0 Å². The Kier molecular flexibility index (Phi) is 4.25. The lowest BCUT2D eigenvalue weighted by atomic mass is 10.1. The Hall–Kier alpha value is -1.77. The van der Waals surface area contributed by atoms with Crippen molar-refractivity contribution >= 4 is 5.69 Å². The second-order valence-electron chi connectivity index (χ2n) is 4.84. The van der Waals surface area contributed by atoms with Gasteiger partial charge in [0.2, 0.25) is 0 Å². The molecule has 0 bridgehead atoms. The van der Waals surface area contributed by atoms with Gasteiger partial charge in [0.05, 0.1) is 23.6 Å². The van der Waals surface area contributed by atoms with E-state index in [1.165, 1.54) is 11.1 Å². The topological polar surface area (TPSA) is 43.8 Å². The molecule has 0 saturated carbocycles. The van der Waals surface area contributed by atoms with Crippen molar-refractivity contribution in [1.29, 1.82) is 0 Å². The van der Waals surface area contributed by atoms with Gasteiger partial charge in [-0.25, -0.2) is 0 Å². The SMILES string of the molecule is CCc1ccc(Cn2nc(CC)c(N)c2CC)cc1. The number of hydrogen-bond acceptors (Lipinski definition) is 2. The largest absolute Gasteiger partial charge is 0.396 e. The molecule has 102 valence electrons. The molecule has 3 heteroatoms. The van der Waals surface area contributed by atoms with Crippen molar-refractivity contribution in [2.24, 2.45) is 0 Å². The van der Waals surface area contributed by atoms with Crippen LogP contribution >= 0.6 is 0 Å². The van der Waals surface area contributed by atoms with Gasteiger partial charge in [0, 0.05) is 0 Å². The van der Waals surface area contributed by atoms with Crippen molar-refractivity contribution in [2.75, 3.05) is 5.73 Å². The number of hydrogen-bond donors (Lipinski definition) is 1. The molecule has 0 aliphatic heterocycles. The summed E-state index contributed by atoms with van der Waals surface area (Å²) in [7, 11) is 0. The predicted molar refractivity (Wildman–Crippen MR) is 80.3 cm³/mol. The molecule has 2 rings (SSSR count). The second kappa shape index (κ2) is 5.91. The third-order valence-electron chi connectivity index (χ3n) is 3.61. The highest BCUT2D eigenvalue weighted by atomic mass is 15.3. The number of nitrogens with zero attached hydrogens (tertiary/aromatic N) is 2. The van der Waals surface area contributed by atoms with E-state index in [0.29, 0.717) is 0 Å². The van der Waals surface area contributed by atoms with Gasteiger partial charge in [-0.2, -0.15) is 5.10 Å². The van der Waals surface area contributed by atoms with E-state index >= 15 is 0 Å². The molecule has 0 aliphatic carbocycles. The summed E-state index contributed by atoms with van der Waals surface area (Å²) in [4.78, 5) is 0. The van der Waals surface area contributed by atoms with Crippen LogP contribution in [0.15, 0.2) is 24.3 Å². The second-order valence-corrected chi connectivity index (χ2v) is 4.84. The Labute approximate surface area is 115 Å². The van der Waals surface area contributed by atoms with Crippen LogP contribution in [-0.2, 0) is 25.8 Å². The van der Waals surface area contributed by atoms with Crippen molar-refractivity contribution in [2.45, 2.75) is 46.6 Å². The van der Waals surface area contributed by atoms with E-state index in [2.05, 4.69) is 54.8 Å². The van der Waals surface area contributed by atoms with Gasteiger partial charge in [-0.05, 0) is 30.4 Å². The molecule has 1 aromatic heterocycles. The van der Waals surface area contributed by atoms with Gasteiger partial charge < -0.3 is 5.73 Å². The molecule has 0 unspecified atom stereocenters. The fraction of sp³-hybridized carbons (Fsp3) is 0.438. The van der Waals surface area contributed by atoms with Crippen LogP contribution in [0, 0.1) is 0 Å². The molecule has 1 heterocycles. The molecule has 0 spiro atoms. The van der Waals surface area contributed by atoms with Gasteiger partial charge in [-0.15, -0.1) is 0 Å². The number of rotatable bonds is 5. The van der Waals surface area contributed by atoms with Crippen LogP contribution in [0.2, 0.25) is 0 Å². The number of benzene rings is 1. The predicted octanol–water partition coefficient (Wildman–Crippen LogP) is 3.20. The molecule has 0 fully saturated rings. The fourth-order valence-electron chi connectivity index (χ4n) is 2.38. The van der Waals surface area contributed by atoms with Crippen LogP contribution in [-0.4, -0.2) is 9.78 Å². The highest BCUT2D eigenvalue weighted by Crippen LogP contribution is 2.19. The summed E-state index contributed by atoms with van der Waals surface area (Å²) < 4.78 is 2.05. The summed E-state index contributed by atoms with van der Waals surface area (Å²) in [6.45, 7) is 7.20. The van der Waals surface area contributed by atoms with Gasteiger partial charge in [0.15, 0.2) is 0 Å². The maximum Gasteiger partial charge on any atom is 0.0854 e. The highest BCUT2D eigenvalue weighted by Gasteiger charge is 2.12. The molecular weight excluding hydrogens is 234 g/mol. The van der Waals surface area contributed by atoms with E-state index < -0.39 is 0 Å². The van der Waals surface area contributed by atoms with Gasteiger partial charge in [-0.1, -0.05) is 45.0 Å². The number of aromatic nitrogens is 2. The van der Waals surface area contributed by atoms with Gasteiger partial charge in [-0.3, -0.25) is 4.68 Å². The Bertz CT molecular complexity index is 538. The summed E-state index contributed by atoms with van der Waals surface area (Å²) in [5.74, 6) is 0. The van der Waals surface area contributed by atoms with Crippen LogP contribution in [0.3, 0.4) is 0 Å². The molecule has 0 saturated heterocycles. The van der Waals surface area contributed by atoms with Crippen LogP contribution in [0.4, 0.5) is 5.69 Å². The zero-order valence-corrected chi connectivity index (χ0v) is 12.1. The van der Waals surface area contributed by atoms with Gasteiger partial charge >= 0.3 is 0 Å². The first-order chi connectivity index (χ1) is 9.19. The fourth-order valence-corrected chi connectivity index (χ4v) is 2.38. The maximum absolute atomic E-state index is 6.14. The van der Waals surface area contributed by atoms with E-state index in [1.54, 1.807) is 0 Å². The summed E-state index contributed by atoms with van der Waals surface area (Å²) in [5, 5.41) is 4.63. The van der Waals surface area contributed by atoms with Gasteiger partial charge in [0.25, 0.3) is 0 Å². The number of aryl methyl sites for hydroxylation is 2. The molecule has 0 radical (unpaired) electrons. The molecule has 0 amide bonds. The van der Waals surface area contributed by atoms with Crippen LogP contribution in [0.25, 0.3) is 0 Å². The molecule has 2 N–H and O–H groups in total. The van der Waals surface area contributed by atoms with E-state index in [0.717, 1.165) is 42.9 Å². The zero-order valence-electron chi connectivity index (χ0n) is 12.1. The molecule has 0 atom stereocenters. The summed E-state index contributed by atoms with van der Waals surface area (Å²) in [6, 6.07) is 8.74. The van der Waals surface area contributed by atoms with Crippen LogP contribution < -0.4 is 5.73 Å². The first-order valence-corrected chi connectivity index (χ1v) is 7.11. The van der Waals surface area contributed by atoms with E-state index in [4.69, 9.17) is 5.73 Å². The number of nitrogen functional groups attached to an aromatic ring is 1. The third-order valence-corrected chi connectivity index (χ3v) is 3.61. The minimum absolute atomic E-state index is 0.803. The van der Waals surface area contributed by atoms with E-state index in [-0.39, 0.29) is 0 Å². The van der Waals surface area contributed by atoms with Crippen molar-refractivity contribution in [3.8, 4) is 0 Å². The Morgan fingerprint density at radius 3 is 2.11 bits per heavy atom. The van der Waals surface area contributed by atoms with Gasteiger partial charge in [0.1, 0.15) is 0 Å². The van der Waals surface area contributed by atoms with Crippen molar-refractivity contribution in [3.05, 3.63) is 46.8 Å². The highest BCUT2D eigenvalue weighted by molar-refractivity contribution is 5.48. The molecule has 0 aliphatic rings. The monoisotopic (exact) mass is 257 g/mol. The first-order valence-electron chi connectivity index (χ1n) is 7.11. The lowest BCUT2D eigenvalue weighted by Gasteiger charge is -2.07. The molecule has 3 nitrogen and oxygen atoms in total. The minimum atomic E-state index is 0.803. The smallest absolute Gasteiger partial charge is 0.0854 e. The molecular formula is C16H23N3. The van der Waals surface area contributed by atoms with Crippen molar-refractivity contribution in [3.63, 3.8) is 0 Å². The summed E-state index contributed by atoms with van der Waals surface area (Å²) >= 11 is 0. The zero-order chi connectivity index (χ0) is 13.8. The van der Waals surface area contributed by atoms with Crippen LogP contribution in [0.1, 0.15) is 43.3 Å². The first kappa shape index (κ1) is 13.7. The number of anilines is 1. The quantitative estimate of drug-likeness (QED) is 0.894. The van der Waals surface area contributed by atoms with Crippen LogP contribution in [0.5, 0.6) is 0 Å². The molecule has 1 aromatic carbocycles. The average molecular weight is 257 g/mol. The van der Waals surface area contributed by atoms with Crippen molar-refractivity contribution in [1.82, 2.24) is 9.78 Å². The average Bonchev–Trinajstić information content (AvgIpc) is 2.75. The lowest BCUT2D eigenvalue weighted by molar-refractivity contribution is 0.640. The Morgan fingerprint density at radius 1 is 0.947 bits per heavy atom. The number of nitrogens with two attached hydrogens (primary N) is 1. The summed E-state index contributed by atoms with van der Waals surface area (Å²) in [5.41, 5.74) is 11.8. The maximum atomic E-state index is 6.14. The molecule has 2 aromatic rings. The normalized spacial score (nSPS) is 10.9. The Balaban J connectivity index is 2.26. The molecule has 19 heavy (non-hydrogen) atoms. The summed E-state index contributed by atoms with van der Waals surface area (Å²) in [6.07, 6.45) is 2.89. The minimum Gasteiger partial charge on any atom is -0.396 e. The standard InChI is InChI=1S/C16H23N3/c1-4-12-7-9-13(10-8-12)11-19-15(6-3)16(17)14(5-2)18-19/h7-10H,4-6,11,17H2,1-3H3. The Morgan fingerprint density at radius 2 is 1.58 bits per heavy atom. The van der Waals surface area contributed by atoms with Crippen molar-refractivity contribution < 1.29 is 0 Å². The third kappa shape index (κ3) is 2.80.